The van der Waals surface area contributed by atoms with E-state index in [0.717, 1.165) is 22.6 Å². The fourth-order valence-electron chi connectivity index (χ4n) is 3.98. The molecule has 0 saturated heterocycles. The van der Waals surface area contributed by atoms with Gasteiger partial charge in [0.2, 0.25) is 0 Å². The third-order valence-electron chi connectivity index (χ3n) is 6.14. The third kappa shape index (κ3) is 8.41. The van der Waals surface area contributed by atoms with Crippen LogP contribution in [0.4, 0.5) is 22.7 Å². The minimum absolute atomic E-state index is 0.0291. The van der Waals surface area contributed by atoms with Crippen LogP contribution in [-0.2, 0) is 6.42 Å². The number of benzene rings is 5. The number of carboxylic acid groups (broad SMARTS) is 2. The summed E-state index contributed by atoms with van der Waals surface area (Å²) in [6, 6.07) is 31.3. The van der Waals surface area contributed by atoms with E-state index in [4.69, 9.17) is 42.6 Å². The van der Waals surface area contributed by atoms with Crippen molar-refractivity contribution in [3.8, 4) is 23.0 Å². The van der Waals surface area contributed by atoms with Gasteiger partial charge in [-0.25, -0.2) is 9.59 Å². The average molecular weight is 579 g/mol. The van der Waals surface area contributed by atoms with Crippen LogP contribution < -0.4 is 32.4 Å². The lowest BCUT2D eigenvalue weighted by atomic mass is 9.99. The van der Waals surface area contributed by atoms with Gasteiger partial charge in [-0.15, -0.1) is 0 Å². The Balaban J connectivity index is 0.000000197. The second-order valence-electron chi connectivity index (χ2n) is 9.45. The highest BCUT2D eigenvalue weighted by Crippen LogP contribution is 2.29. The standard InChI is InChI=1S/C18H16N2O2.C15H14N2O4/c19-13-4-8-15(9-5-13)21-17-2-1-3-18(12-17)22-16-10-6-14(20)7-11-16;16-12-3-1-8(6-10(12)14(18)19)5-9-2-4-13(17)11(7-9)15(20)21/h1-12H,19-20H2;1-4,6-7H,5,16-17H2,(H,18,19)(H,20,21). The molecule has 10 heteroatoms. The average Bonchev–Trinajstić information content (AvgIpc) is 2.98. The molecule has 0 aliphatic carbocycles. The smallest absolute Gasteiger partial charge is 0.337 e. The largest absolute Gasteiger partial charge is 0.478 e. The van der Waals surface area contributed by atoms with Gasteiger partial charge in [0.05, 0.1) is 11.1 Å². The maximum Gasteiger partial charge on any atom is 0.337 e. The summed E-state index contributed by atoms with van der Waals surface area (Å²) in [5, 5.41) is 18.1. The zero-order valence-electron chi connectivity index (χ0n) is 22.9. The number of nitrogens with two attached hydrogens (primary N) is 4. The maximum absolute atomic E-state index is 11.0. The predicted octanol–water partition coefficient (Wildman–Crippen LogP) is 6.27. The summed E-state index contributed by atoms with van der Waals surface area (Å²) in [7, 11) is 0. The SMILES string of the molecule is Nc1ccc(Cc2ccc(N)c(C(=O)O)c2)cc1C(=O)O.Nc1ccc(Oc2cccc(Oc3ccc(N)cc3)c2)cc1. The van der Waals surface area contributed by atoms with Gasteiger partial charge in [0.25, 0.3) is 0 Å². The molecule has 0 bridgehead atoms. The molecule has 5 rings (SSSR count). The molecule has 5 aromatic carbocycles. The molecule has 0 atom stereocenters. The molecule has 218 valence electrons. The Kier molecular flexibility index (Phi) is 9.34. The van der Waals surface area contributed by atoms with Crippen LogP contribution >= 0.6 is 0 Å². The van der Waals surface area contributed by atoms with E-state index in [1.54, 1.807) is 36.4 Å². The number of carboxylic acids is 2. The number of hydrogen-bond donors (Lipinski definition) is 6. The van der Waals surface area contributed by atoms with Crippen LogP contribution in [-0.4, -0.2) is 22.2 Å². The Bertz CT molecular complexity index is 1610. The molecule has 0 aliphatic rings. The molecule has 0 spiro atoms. The lowest BCUT2D eigenvalue weighted by molar-refractivity contribution is 0.0687. The number of nitrogen functional groups attached to an aromatic ring is 4. The maximum atomic E-state index is 11.0. The van der Waals surface area contributed by atoms with Crippen LogP contribution in [0.15, 0.2) is 109 Å². The second kappa shape index (κ2) is 13.5. The van der Waals surface area contributed by atoms with Gasteiger partial charge in [0, 0.05) is 28.8 Å². The summed E-state index contributed by atoms with van der Waals surface area (Å²) in [4.78, 5) is 22.1. The van der Waals surface area contributed by atoms with Gasteiger partial charge in [0.15, 0.2) is 0 Å². The molecule has 0 heterocycles. The van der Waals surface area contributed by atoms with Crippen molar-refractivity contribution in [1.29, 1.82) is 0 Å². The quantitative estimate of drug-likeness (QED) is 0.114. The Labute approximate surface area is 247 Å². The zero-order valence-corrected chi connectivity index (χ0v) is 22.9. The number of anilines is 4. The zero-order chi connectivity index (χ0) is 30.9. The van der Waals surface area contributed by atoms with E-state index in [0.29, 0.717) is 29.3 Å². The summed E-state index contributed by atoms with van der Waals surface area (Å²) >= 11 is 0. The van der Waals surface area contributed by atoms with Crippen molar-refractivity contribution in [3.63, 3.8) is 0 Å². The topological polar surface area (TPSA) is 197 Å². The Morgan fingerprint density at radius 2 is 0.907 bits per heavy atom. The highest BCUT2D eigenvalue weighted by Gasteiger charge is 2.12. The highest BCUT2D eigenvalue weighted by atomic mass is 16.5. The van der Waals surface area contributed by atoms with Crippen molar-refractivity contribution in [2.45, 2.75) is 6.42 Å². The normalized spacial score (nSPS) is 10.2. The monoisotopic (exact) mass is 578 g/mol. The van der Waals surface area contributed by atoms with E-state index < -0.39 is 11.9 Å². The number of aromatic carboxylic acids is 2. The van der Waals surface area contributed by atoms with E-state index in [-0.39, 0.29) is 22.5 Å². The number of rotatable bonds is 8. The van der Waals surface area contributed by atoms with Crippen molar-refractivity contribution >= 4 is 34.7 Å². The lowest BCUT2D eigenvalue weighted by Crippen LogP contribution is -2.05. The number of carbonyl (C=O) groups is 2. The first kappa shape index (κ1) is 29.8. The van der Waals surface area contributed by atoms with Crippen molar-refractivity contribution in [3.05, 3.63) is 131 Å². The van der Waals surface area contributed by atoms with Crippen LogP contribution in [0.1, 0.15) is 31.8 Å². The van der Waals surface area contributed by atoms with E-state index in [1.165, 1.54) is 24.3 Å². The van der Waals surface area contributed by atoms with Gasteiger partial charge in [-0.3, -0.25) is 0 Å². The molecular weight excluding hydrogens is 548 g/mol. The Hall–Kier alpha value is -6.16. The number of hydrogen-bond acceptors (Lipinski definition) is 8. The van der Waals surface area contributed by atoms with Crippen LogP contribution in [0.2, 0.25) is 0 Å². The van der Waals surface area contributed by atoms with E-state index >= 15 is 0 Å². The molecule has 0 radical (unpaired) electrons. The molecule has 10 N–H and O–H groups in total. The Morgan fingerprint density at radius 1 is 0.512 bits per heavy atom. The van der Waals surface area contributed by atoms with Gasteiger partial charge < -0.3 is 42.6 Å². The molecule has 0 saturated carbocycles. The van der Waals surface area contributed by atoms with E-state index in [2.05, 4.69) is 0 Å². The van der Waals surface area contributed by atoms with Gasteiger partial charge in [-0.05, 0) is 102 Å². The molecule has 10 nitrogen and oxygen atoms in total. The van der Waals surface area contributed by atoms with Crippen molar-refractivity contribution in [2.24, 2.45) is 0 Å². The summed E-state index contributed by atoms with van der Waals surface area (Å²) in [5.41, 5.74) is 25.8. The Morgan fingerprint density at radius 3 is 1.28 bits per heavy atom. The molecule has 0 aliphatic heterocycles. The van der Waals surface area contributed by atoms with Crippen LogP contribution in [0, 0.1) is 0 Å². The fraction of sp³-hybridized carbons (Fsp3) is 0.0303. The molecule has 0 fully saturated rings. The van der Waals surface area contributed by atoms with E-state index in [1.807, 2.05) is 48.5 Å². The fourth-order valence-corrected chi connectivity index (χ4v) is 3.98. The van der Waals surface area contributed by atoms with Gasteiger partial charge in [-0.1, -0.05) is 18.2 Å². The summed E-state index contributed by atoms with van der Waals surface area (Å²) in [5.74, 6) is 0.629. The highest BCUT2D eigenvalue weighted by molar-refractivity contribution is 5.94. The first-order chi connectivity index (χ1) is 20.6. The van der Waals surface area contributed by atoms with Crippen LogP contribution in [0.5, 0.6) is 23.0 Å². The van der Waals surface area contributed by atoms with Crippen molar-refractivity contribution in [1.82, 2.24) is 0 Å². The molecule has 0 amide bonds. The van der Waals surface area contributed by atoms with E-state index in [9.17, 15) is 9.59 Å². The molecule has 43 heavy (non-hydrogen) atoms. The first-order valence-electron chi connectivity index (χ1n) is 13.0. The number of ether oxygens (including phenoxy) is 2. The van der Waals surface area contributed by atoms with Crippen molar-refractivity contribution < 1.29 is 29.3 Å². The van der Waals surface area contributed by atoms with Crippen LogP contribution in [0.3, 0.4) is 0 Å². The van der Waals surface area contributed by atoms with Crippen molar-refractivity contribution in [2.75, 3.05) is 22.9 Å². The third-order valence-corrected chi connectivity index (χ3v) is 6.14. The first-order valence-corrected chi connectivity index (χ1v) is 13.0. The molecular formula is C33H30N4O6. The summed E-state index contributed by atoms with van der Waals surface area (Å²) in [6.07, 6.45) is 0.390. The van der Waals surface area contributed by atoms with Gasteiger partial charge in [-0.2, -0.15) is 0 Å². The summed E-state index contributed by atoms with van der Waals surface area (Å²) < 4.78 is 11.6. The minimum atomic E-state index is -1.10. The summed E-state index contributed by atoms with van der Waals surface area (Å²) in [6.45, 7) is 0. The predicted molar refractivity (Wildman–Crippen MR) is 167 cm³/mol. The van der Waals surface area contributed by atoms with Crippen LogP contribution in [0.25, 0.3) is 0 Å². The lowest BCUT2D eigenvalue weighted by Gasteiger charge is -2.09. The second-order valence-corrected chi connectivity index (χ2v) is 9.45. The minimum Gasteiger partial charge on any atom is -0.478 e. The molecule has 0 unspecified atom stereocenters. The molecule has 5 aromatic rings. The molecule has 0 aromatic heterocycles. The van der Waals surface area contributed by atoms with Gasteiger partial charge in [0.1, 0.15) is 23.0 Å². The van der Waals surface area contributed by atoms with Gasteiger partial charge >= 0.3 is 11.9 Å².